The molecule has 2 aromatic carbocycles. The highest BCUT2D eigenvalue weighted by Gasteiger charge is 2.10. The first-order valence-corrected chi connectivity index (χ1v) is 7.68. The van der Waals surface area contributed by atoms with E-state index < -0.39 is 10.9 Å². The van der Waals surface area contributed by atoms with Crippen LogP contribution in [0.2, 0.25) is 0 Å². The van der Waals surface area contributed by atoms with E-state index in [9.17, 15) is 19.7 Å². The number of nitro benzene ring substituents is 1. The van der Waals surface area contributed by atoms with Gasteiger partial charge in [0.05, 0.1) is 4.92 Å². The monoisotopic (exact) mass is 392 g/mol. The summed E-state index contributed by atoms with van der Waals surface area (Å²) >= 11 is 3.27. The van der Waals surface area contributed by atoms with Gasteiger partial charge in [-0.2, -0.15) is 0 Å². The topological polar surface area (TPSA) is 98.5 Å². The zero-order chi connectivity index (χ0) is 17.5. The van der Waals surface area contributed by atoms with Crippen LogP contribution in [0.15, 0.2) is 53.0 Å². The summed E-state index contributed by atoms with van der Waals surface area (Å²) in [5.74, 6) is -0.978. The molecule has 1 N–H and O–H groups in total. The zero-order valence-electron chi connectivity index (χ0n) is 12.4. The molecule has 0 radical (unpaired) electrons. The van der Waals surface area contributed by atoms with Crippen LogP contribution in [0, 0.1) is 10.1 Å². The molecule has 0 atom stereocenters. The van der Waals surface area contributed by atoms with Crippen LogP contribution in [0.5, 0.6) is 0 Å². The Morgan fingerprint density at radius 1 is 1.08 bits per heavy atom. The Morgan fingerprint density at radius 2 is 1.71 bits per heavy atom. The number of hydrogen-bond acceptors (Lipinski definition) is 5. The summed E-state index contributed by atoms with van der Waals surface area (Å²) in [5, 5.41) is 13.0. The number of carbonyl (C=O) groups excluding carboxylic acids is 2. The van der Waals surface area contributed by atoms with Gasteiger partial charge in [0.25, 0.3) is 11.6 Å². The second-order valence-corrected chi connectivity index (χ2v) is 5.69. The molecule has 0 unspecified atom stereocenters. The lowest BCUT2D eigenvalue weighted by Crippen LogP contribution is -2.30. The number of esters is 1. The second-order valence-electron chi connectivity index (χ2n) is 4.77. The lowest BCUT2D eigenvalue weighted by Gasteiger charge is -2.07. The van der Waals surface area contributed by atoms with Gasteiger partial charge in [-0.25, -0.2) is 0 Å². The summed E-state index contributed by atoms with van der Waals surface area (Å²) < 4.78 is 5.85. The van der Waals surface area contributed by atoms with Crippen molar-refractivity contribution in [2.45, 2.75) is 6.61 Å². The molecule has 8 heteroatoms. The molecular formula is C16H13BrN2O5. The van der Waals surface area contributed by atoms with Crippen LogP contribution in [0.1, 0.15) is 15.9 Å². The minimum absolute atomic E-state index is 0.0228. The maximum Gasteiger partial charge on any atom is 0.325 e. The molecule has 2 rings (SSSR count). The van der Waals surface area contributed by atoms with Crippen molar-refractivity contribution in [3.05, 3.63) is 74.2 Å². The Hall–Kier alpha value is -2.74. The standard InChI is InChI=1S/C16H13BrN2O5/c17-13-5-3-12(4-6-13)16(21)18-9-15(20)24-10-11-1-7-14(8-2-11)19(22)23/h1-8H,9-10H2,(H,18,21). The maximum absolute atomic E-state index is 11.8. The highest BCUT2D eigenvalue weighted by Crippen LogP contribution is 2.12. The van der Waals surface area contributed by atoms with Crippen LogP contribution in [0.4, 0.5) is 5.69 Å². The van der Waals surface area contributed by atoms with Crippen molar-refractivity contribution >= 4 is 33.5 Å². The van der Waals surface area contributed by atoms with Gasteiger partial charge in [0.2, 0.25) is 0 Å². The number of carbonyl (C=O) groups is 2. The normalized spacial score (nSPS) is 10.0. The van der Waals surface area contributed by atoms with Gasteiger partial charge in [0, 0.05) is 22.2 Å². The van der Waals surface area contributed by atoms with Gasteiger partial charge in [-0.15, -0.1) is 0 Å². The fraction of sp³-hybridized carbons (Fsp3) is 0.125. The van der Waals surface area contributed by atoms with E-state index in [1.165, 1.54) is 24.3 Å². The third-order valence-corrected chi connectivity index (χ3v) is 3.58. The Bertz CT molecular complexity index is 744. The largest absolute Gasteiger partial charge is 0.460 e. The first kappa shape index (κ1) is 17.6. The van der Waals surface area contributed by atoms with Crippen molar-refractivity contribution in [3.8, 4) is 0 Å². The Labute approximate surface area is 145 Å². The molecule has 0 aliphatic carbocycles. The van der Waals surface area contributed by atoms with Crippen molar-refractivity contribution < 1.29 is 19.2 Å². The number of rotatable bonds is 6. The van der Waals surface area contributed by atoms with E-state index in [1.807, 2.05) is 0 Å². The first-order chi connectivity index (χ1) is 11.5. The van der Waals surface area contributed by atoms with E-state index in [1.54, 1.807) is 24.3 Å². The molecule has 124 valence electrons. The van der Waals surface area contributed by atoms with Gasteiger partial charge in [0.1, 0.15) is 13.2 Å². The molecule has 24 heavy (non-hydrogen) atoms. The van der Waals surface area contributed by atoms with E-state index in [-0.39, 0.29) is 24.7 Å². The molecule has 0 aromatic heterocycles. The van der Waals surface area contributed by atoms with E-state index >= 15 is 0 Å². The first-order valence-electron chi connectivity index (χ1n) is 6.88. The average Bonchev–Trinajstić information content (AvgIpc) is 2.58. The molecule has 7 nitrogen and oxygen atoms in total. The quantitative estimate of drug-likeness (QED) is 0.462. The lowest BCUT2D eigenvalue weighted by atomic mass is 10.2. The molecule has 0 fully saturated rings. The molecule has 0 spiro atoms. The lowest BCUT2D eigenvalue weighted by molar-refractivity contribution is -0.384. The molecule has 0 saturated heterocycles. The number of benzene rings is 2. The zero-order valence-corrected chi connectivity index (χ0v) is 14.0. The van der Waals surface area contributed by atoms with Gasteiger partial charge >= 0.3 is 5.97 Å². The summed E-state index contributed by atoms with van der Waals surface area (Å²) in [6.07, 6.45) is 0. The summed E-state index contributed by atoms with van der Waals surface area (Å²) in [6, 6.07) is 12.4. The van der Waals surface area contributed by atoms with Crippen LogP contribution in [-0.2, 0) is 16.1 Å². The SMILES string of the molecule is O=C(CNC(=O)c1ccc(Br)cc1)OCc1ccc([N+](=O)[O-])cc1. The minimum Gasteiger partial charge on any atom is -0.460 e. The smallest absolute Gasteiger partial charge is 0.325 e. The molecule has 1 amide bonds. The molecule has 0 aliphatic heterocycles. The maximum atomic E-state index is 11.8. The predicted octanol–water partition coefficient (Wildman–Crippen LogP) is 2.83. The van der Waals surface area contributed by atoms with Crippen molar-refractivity contribution in [2.24, 2.45) is 0 Å². The second kappa shape index (κ2) is 8.21. The van der Waals surface area contributed by atoms with Gasteiger partial charge < -0.3 is 10.1 Å². The van der Waals surface area contributed by atoms with E-state index in [0.29, 0.717) is 11.1 Å². The number of nitro groups is 1. The Morgan fingerprint density at radius 3 is 2.29 bits per heavy atom. The third-order valence-electron chi connectivity index (χ3n) is 3.05. The fourth-order valence-corrected chi connectivity index (χ4v) is 2.05. The number of hydrogen-bond donors (Lipinski definition) is 1. The highest BCUT2D eigenvalue weighted by molar-refractivity contribution is 9.10. The van der Waals surface area contributed by atoms with Gasteiger partial charge in [-0.05, 0) is 42.0 Å². The number of ether oxygens (including phenoxy) is 1. The number of amides is 1. The van der Waals surface area contributed by atoms with Crippen LogP contribution in [-0.4, -0.2) is 23.3 Å². The number of nitrogens with one attached hydrogen (secondary N) is 1. The molecule has 0 heterocycles. The molecule has 0 bridgehead atoms. The van der Waals surface area contributed by atoms with Crippen LogP contribution >= 0.6 is 15.9 Å². The van der Waals surface area contributed by atoms with Crippen molar-refractivity contribution in [3.63, 3.8) is 0 Å². The van der Waals surface area contributed by atoms with Crippen molar-refractivity contribution in [2.75, 3.05) is 6.54 Å². The van der Waals surface area contributed by atoms with Crippen LogP contribution in [0.25, 0.3) is 0 Å². The van der Waals surface area contributed by atoms with Gasteiger partial charge in [-0.1, -0.05) is 15.9 Å². The Kier molecular flexibility index (Phi) is 6.02. The fourth-order valence-electron chi connectivity index (χ4n) is 1.78. The summed E-state index contributed by atoms with van der Waals surface area (Å²) in [6.45, 7) is -0.285. The van der Waals surface area contributed by atoms with E-state index in [2.05, 4.69) is 21.2 Å². The minimum atomic E-state index is -0.598. The van der Waals surface area contributed by atoms with Crippen molar-refractivity contribution in [1.82, 2.24) is 5.32 Å². The van der Waals surface area contributed by atoms with Gasteiger partial charge in [0.15, 0.2) is 0 Å². The molecule has 2 aromatic rings. The van der Waals surface area contributed by atoms with Crippen LogP contribution in [0.3, 0.4) is 0 Å². The number of nitrogens with zero attached hydrogens (tertiary/aromatic N) is 1. The van der Waals surface area contributed by atoms with Crippen LogP contribution < -0.4 is 5.32 Å². The van der Waals surface area contributed by atoms with E-state index in [4.69, 9.17) is 4.74 Å². The van der Waals surface area contributed by atoms with Crippen molar-refractivity contribution in [1.29, 1.82) is 0 Å². The summed E-state index contributed by atoms with van der Waals surface area (Å²) in [5.41, 5.74) is 1.02. The molecule has 0 saturated carbocycles. The van der Waals surface area contributed by atoms with E-state index in [0.717, 1.165) is 4.47 Å². The third kappa shape index (κ3) is 5.17. The Balaban J connectivity index is 1.77. The summed E-state index contributed by atoms with van der Waals surface area (Å²) in [4.78, 5) is 33.5. The highest BCUT2D eigenvalue weighted by atomic mass is 79.9. The van der Waals surface area contributed by atoms with Gasteiger partial charge in [-0.3, -0.25) is 19.7 Å². The predicted molar refractivity (Wildman–Crippen MR) is 89.4 cm³/mol. The molecular weight excluding hydrogens is 380 g/mol. The summed E-state index contributed by atoms with van der Waals surface area (Å²) in [7, 11) is 0. The molecule has 0 aliphatic rings. The average molecular weight is 393 g/mol. The number of non-ortho nitro benzene ring substituents is 1. The number of halogens is 1.